The van der Waals surface area contributed by atoms with Gasteiger partial charge in [0.15, 0.2) is 0 Å². The van der Waals surface area contributed by atoms with Crippen molar-refractivity contribution in [2.45, 2.75) is 45.6 Å². The number of thiophene rings is 1. The Morgan fingerprint density at radius 3 is 2.95 bits per heavy atom. The lowest BCUT2D eigenvalue weighted by atomic mass is 9.78. The van der Waals surface area contributed by atoms with Crippen LogP contribution in [0.25, 0.3) is 0 Å². The topological polar surface area (TPSA) is 49.3 Å². The van der Waals surface area contributed by atoms with E-state index in [-0.39, 0.29) is 18.6 Å². The first-order valence-corrected chi connectivity index (χ1v) is 8.49. The van der Waals surface area contributed by atoms with E-state index in [0.717, 1.165) is 11.3 Å². The maximum absolute atomic E-state index is 12.4. The first-order chi connectivity index (χ1) is 10.1. The van der Waals surface area contributed by atoms with Crippen molar-refractivity contribution in [3.05, 3.63) is 21.9 Å². The molecule has 0 radical (unpaired) electrons. The summed E-state index contributed by atoms with van der Waals surface area (Å²) in [4.78, 5) is 13.2. The van der Waals surface area contributed by atoms with Gasteiger partial charge < -0.3 is 10.4 Å². The molecule has 2 N–H and O–H groups in total. The van der Waals surface area contributed by atoms with E-state index in [1.807, 2.05) is 5.38 Å². The van der Waals surface area contributed by atoms with Gasteiger partial charge in [-0.2, -0.15) is 0 Å². The molecule has 4 heteroatoms. The minimum atomic E-state index is -0.155. The summed E-state index contributed by atoms with van der Waals surface area (Å²) >= 11 is 1.44. The zero-order valence-corrected chi connectivity index (χ0v) is 13.5. The number of nitrogens with one attached hydrogen (secondary N) is 1. The van der Waals surface area contributed by atoms with Crippen molar-refractivity contribution < 1.29 is 9.90 Å². The van der Waals surface area contributed by atoms with Crippen LogP contribution in [0.5, 0.6) is 0 Å². The molecule has 1 aromatic heterocycles. The molecule has 3 nitrogen and oxygen atoms in total. The van der Waals surface area contributed by atoms with Crippen LogP contribution in [-0.2, 0) is 0 Å². The summed E-state index contributed by atoms with van der Waals surface area (Å²) in [5, 5.41) is 13.7. The van der Waals surface area contributed by atoms with Gasteiger partial charge in [0.25, 0.3) is 5.91 Å². The number of aliphatic hydroxyl groups is 1. The lowest BCUT2D eigenvalue weighted by molar-refractivity contribution is 0.0889. The van der Waals surface area contributed by atoms with Gasteiger partial charge in [0, 0.05) is 11.4 Å². The molecule has 1 amide bonds. The highest BCUT2D eigenvalue weighted by Crippen LogP contribution is 2.30. The zero-order valence-electron chi connectivity index (χ0n) is 12.7. The van der Waals surface area contributed by atoms with Gasteiger partial charge >= 0.3 is 0 Å². The number of amides is 1. The number of hydrogen-bond donors (Lipinski definition) is 2. The maximum Gasteiger partial charge on any atom is 0.252 e. The Bertz CT molecular complexity index is 538. The fraction of sp³-hybridized carbons (Fsp3) is 0.588. The normalized spacial score (nSPS) is 21.7. The van der Waals surface area contributed by atoms with Gasteiger partial charge in [0.2, 0.25) is 0 Å². The largest absolute Gasteiger partial charge is 0.384 e. The summed E-state index contributed by atoms with van der Waals surface area (Å²) in [7, 11) is 0. The molecule has 0 aromatic carbocycles. The number of carbonyl (C=O) groups excluding carboxylic acids is 1. The van der Waals surface area contributed by atoms with Crippen molar-refractivity contribution in [3.63, 3.8) is 0 Å². The van der Waals surface area contributed by atoms with E-state index in [4.69, 9.17) is 5.11 Å². The van der Waals surface area contributed by atoms with Gasteiger partial charge in [0.05, 0.1) is 10.4 Å². The van der Waals surface area contributed by atoms with E-state index in [1.54, 1.807) is 6.07 Å². The van der Waals surface area contributed by atoms with Gasteiger partial charge in [0.1, 0.15) is 6.61 Å². The van der Waals surface area contributed by atoms with Crippen molar-refractivity contribution in [2.24, 2.45) is 11.8 Å². The molecule has 2 unspecified atom stereocenters. The second-order valence-electron chi connectivity index (χ2n) is 5.93. The van der Waals surface area contributed by atoms with E-state index in [1.165, 1.54) is 30.6 Å². The Labute approximate surface area is 130 Å². The molecule has 1 saturated carbocycles. The molecular formula is C17H23NO2S. The van der Waals surface area contributed by atoms with Gasteiger partial charge in [-0.3, -0.25) is 4.79 Å². The number of hydrogen-bond acceptors (Lipinski definition) is 3. The van der Waals surface area contributed by atoms with Crippen molar-refractivity contribution in [3.8, 4) is 11.8 Å². The standard InChI is InChI=1S/C17H23NO2S/c1-12(2)15-7-3-4-8-16(15)18-17(20)13-10-14(21-11-13)6-5-9-19/h10-12,15-16,19H,3-4,7-9H2,1-2H3,(H,18,20). The molecule has 1 aliphatic rings. The summed E-state index contributed by atoms with van der Waals surface area (Å²) in [5.74, 6) is 6.62. The molecular weight excluding hydrogens is 282 g/mol. The number of carbonyl (C=O) groups is 1. The minimum absolute atomic E-state index is 0.000786. The van der Waals surface area contributed by atoms with E-state index in [2.05, 4.69) is 31.0 Å². The lowest BCUT2D eigenvalue weighted by Crippen LogP contribution is -2.43. The highest BCUT2D eigenvalue weighted by atomic mass is 32.1. The van der Waals surface area contributed by atoms with Crippen molar-refractivity contribution in [2.75, 3.05) is 6.61 Å². The quantitative estimate of drug-likeness (QED) is 0.843. The van der Waals surface area contributed by atoms with Gasteiger partial charge in [-0.05, 0) is 30.7 Å². The molecule has 1 heterocycles. The van der Waals surface area contributed by atoms with Crippen molar-refractivity contribution >= 4 is 17.2 Å². The molecule has 2 rings (SSSR count). The smallest absolute Gasteiger partial charge is 0.252 e. The van der Waals surface area contributed by atoms with Gasteiger partial charge in [-0.1, -0.05) is 38.5 Å². The molecule has 114 valence electrons. The van der Waals surface area contributed by atoms with E-state index in [0.29, 0.717) is 17.4 Å². The van der Waals surface area contributed by atoms with Gasteiger partial charge in [-0.25, -0.2) is 0 Å². The van der Waals surface area contributed by atoms with Crippen LogP contribution < -0.4 is 5.32 Å². The first kappa shape index (κ1) is 16.1. The Kier molecular flexibility index (Phi) is 5.84. The molecule has 0 bridgehead atoms. The van der Waals surface area contributed by atoms with Gasteiger partial charge in [-0.15, -0.1) is 11.3 Å². The average molecular weight is 305 g/mol. The lowest BCUT2D eigenvalue weighted by Gasteiger charge is -2.34. The molecule has 2 atom stereocenters. The predicted octanol–water partition coefficient (Wildman–Crippen LogP) is 3.04. The number of rotatable bonds is 3. The summed E-state index contributed by atoms with van der Waals surface area (Å²) in [5.41, 5.74) is 0.676. The average Bonchev–Trinajstić information content (AvgIpc) is 2.94. The third-order valence-electron chi connectivity index (χ3n) is 4.14. The second-order valence-corrected chi connectivity index (χ2v) is 6.84. The summed E-state index contributed by atoms with van der Waals surface area (Å²) in [6.07, 6.45) is 4.76. The van der Waals surface area contributed by atoms with Crippen LogP contribution in [0.1, 0.15) is 54.8 Å². The second kappa shape index (κ2) is 7.63. The van der Waals surface area contributed by atoms with Crippen LogP contribution in [0, 0.1) is 23.7 Å². The molecule has 1 aliphatic carbocycles. The van der Waals surface area contributed by atoms with E-state index < -0.39 is 0 Å². The van der Waals surface area contributed by atoms with Crippen molar-refractivity contribution in [1.29, 1.82) is 0 Å². The third kappa shape index (κ3) is 4.33. The van der Waals surface area contributed by atoms with Crippen LogP contribution >= 0.6 is 11.3 Å². The molecule has 1 aromatic rings. The molecule has 1 fully saturated rings. The SMILES string of the molecule is CC(C)C1CCCCC1NC(=O)c1csc(C#CCO)c1. The first-order valence-electron chi connectivity index (χ1n) is 7.61. The fourth-order valence-corrected chi connectivity index (χ4v) is 3.79. The Hall–Kier alpha value is -1.31. The summed E-state index contributed by atoms with van der Waals surface area (Å²) in [6, 6.07) is 2.09. The highest BCUT2D eigenvalue weighted by Gasteiger charge is 2.28. The molecule has 21 heavy (non-hydrogen) atoms. The Balaban J connectivity index is 2.01. The maximum atomic E-state index is 12.4. The molecule has 0 aliphatic heterocycles. The Morgan fingerprint density at radius 2 is 2.24 bits per heavy atom. The van der Waals surface area contributed by atoms with Crippen LogP contribution in [-0.4, -0.2) is 23.7 Å². The van der Waals surface area contributed by atoms with E-state index >= 15 is 0 Å². The van der Waals surface area contributed by atoms with Crippen LogP contribution in [0.15, 0.2) is 11.4 Å². The molecule has 0 saturated heterocycles. The fourth-order valence-electron chi connectivity index (χ4n) is 3.04. The van der Waals surface area contributed by atoms with Crippen LogP contribution in [0.4, 0.5) is 0 Å². The highest BCUT2D eigenvalue weighted by molar-refractivity contribution is 7.10. The molecule has 0 spiro atoms. The van der Waals surface area contributed by atoms with Crippen LogP contribution in [0.2, 0.25) is 0 Å². The minimum Gasteiger partial charge on any atom is -0.384 e. The Morgan fingerprint density at radius 1 is 1.48 bits per heavy atom. The van der Waals surface area contributed by atoms with Crippen LogP contribution in [0.3, 0.4) is 0 Å². The van der Waals surface area contributed by atoms with Crippen molar-refractivity contribution in [1.82, 2.24) is 5.32 Å². The monoisotopic (exact) mass is 305 g/mol. The summed E-state index contributed by atoms with van der Waals surface area (Å²) in [6.45, 7) is 4.32. The van der Waals surface area contributed by atoms with E-state index in [9.17, 15) is 4.79 Å². The zero-order chi connectivity index (χ0) is 15.2. The third-order valence-corrected chi connectivity index (χ3v) is 4.99. The predicted molar refractivity (Wildman–Crippen MR) is 86.3 cm³/mol. The number of aliphatic hydroxyl groups excluding tert-OH is 1. The summed E-state index contributed by atoms with van der Waals surface area (Å²) < 4.78 is 0.